The highest BCUT2D eigenvalue weighted by Gasteiger charge is 2.00. The smallest absolute Gasteiger partial charge is 0.314 e. The zero-order valence-corrected chi connectivity index (χ0v) is 10.3. The van der Waals surface area contributed by atoms with E-state index in [1.54, 1.807) is 0 Å². The summed E-state index contributed by atoms with van der Waals surface area (Å²) in [4.78, 5) is 24.2. The molecule has 1 aromatic rings. The predicted molar refractivity (Wildman–Crippen MR) is 63.9 cm³/mol. The van der Waals surface area contributed by atoms with Crippen LogP contribution in [0.2, 0.25) is 0 Å². The van der Waals surface area contributed by atoms with Crippen LogP contribution in [0.3, 0.4) is 0 Å². The zero-order valence-electron chi connectivity index (χ0n) is 9.47. The molecule has 17 heavy (non-hydrogen) atoms. The number of H-pyrrole nitrogens is 1. The van der Waals surface area contributed by atoms with Crippen LogP contribution in [0.15, 0.2) is 21.9 Å². The Morgan fingerprint density at radius 1 is 1.35 bits per heavy atom. The molecule has 0 bridgehead atoms. The van der Waals surface area contributed by atoms with Gasteiger partial charge < -0.3 is 5.32 Å². The van der Waals surface area contributed by atoms with Gasteiger partial charge in [0, 0.05) is 38.2 Å². The van der Waals surface area contributed by atoms with Crippen molar-refractivity contribution >= 4 is 9.84 Å². The van der Waals surface area contributed by atoms with Crippen LogP contribution in [0.4, 0.5) is 0 Å². The van der Waals surface area contributed by atoms with Crippen molar-refractivity contribution in [2.75, 3.05) is 25.1 Å². The maximum absolute atomic E-state index is 11.2. The molecular weight excluding hydrogens is 246 g/mol. The second-order valence-corrected chi connectivity index (χ2v) is 5.94. The van der Waals surface area contributed by atoms with E-state index in [0.29, 0.717) is 19.6 Å². The lowest BCUT2D eigenvalue weighted by atomic mass is 10.5. The van der Waals surface area contributed by atoms with E-state index >= 15 is 0 Å². The van der Waals surface area contributed by atoms with Crippen molar-refractivity contribution in [3.63, 3.8) is 0 Å². The highest BCUT2D eigenvalue weighted by atomic mass is 32.2. The molecule has 2 N–H and O–H groups in total. The first-order chi connectivity index (χ1) is 7.88. The molecule has 0 aliphatic heterocycles. The number of hydrogen-bond donors (Lipinski definition) is 2. The number of rotatable bonds is 6. The summed E-state index contributed by atoms with van der Waals surface area (Å²) in [7, 11) is -2.96. The Bertz CT molecular complexity index is 572. The lowest BCUT2D eigenvalue weighted by Gasteiger charge is -2.05. The van der Waals surface area contributed by atoms with E-state index in [0.717, 1.165) is 0 Å². The minimum atomic E-state index is -2.96. The molecule has 0 aliphatic rings. The molecule has 0 saturated heterocycles. The van der Waals surface area contributed by atoms with Crippen molar-refractivity contribution in [2.45, 2.75) is 6.54 Å². The number of aromatic nitrogens is 2. The van der Waals surface area contributed by atoms with Crippen molar-refractivity contribution in [1.82, 2.24) is 14.9 Å². The van der Waals surface area contributed by atoms with E-state index in [1.165, 1.54) is 23.1 Å². The van der Waals surface area contributed by atoms with E-state index in [9.17, 15) is 18.0 Å². The fourth-order valence-electron chi connectivity index (χ4n) is 1.20. The normalized spacial score (nSPS) is 11.6. The Kier molecular flexibility index (Phi) is 4.64. The van der Waals surface area contributed by atoms with Crippen LogP contribution in [-0.2, 0) is 16.4 Å². The highest BCUT2D eigenvalue weighted by Crippen LogP contribution is 1.80. The van der Waals surface area contributed by atoms with Gasteiger partial charge >= 0.3 is 5.69 Å². The van der Waals surface area contributed by atoms with Crippen molar-refractivity contribution in [2.24, 2.45) is 0 Å². The van der Waals surface area contributed by atoms with Crippen molar-refractivity contribution in [3.05, 3.63) is 33.1 Å². The number of hydrogen-bond acceptors (Lipinski definition) is 5. The summed E-state index contributed by atoms with van der Waals surface area (Å²) in [5.41, 5.74) is -0.904. The third-order valence-corrected chi connectivity index (χ3v) is 3.02. The zero-order chi connectivity index (χ0) is 12.9. The van der Waals surface area contributed by atoms with Gasteiger partial charge in [0.05, 0.1) is 5.75 Å². The summed E-state index contributed by atoms with van der Waals surface area (Å²) in [6.45, 7) is 1.18. The number of nitrogens with zero attached hydrogens (tertiary/aromatic N) is 1. The van der Waals surface area contributed by atoms with Gasteiger partial charge in [-0.1, -0.05) is 0 Å². The van der Waals surface area contributed by atoms with Gasteiger partial charge in [0.1, 0.15) is 9.84 Å². The van der Waals surface area contributed by atoms with Gasteiger partial charge in [0.15, 0.2) is 0 Å². The Labute approximate surface area is 98.4 Å². The van der Waals surface area contributed by atoms with Crippen molar-refractivity contribution in [1.29, 1.82) is 0 Å². The topological polar surface area (TPSA) is 101 Å². The van der Waals surface area contributed by atoms with Crippen LogP contribution in [0, 0.1) is 0 Å². The summed E-state index contributed by atoms with van der Waals surface area (Å²) in [6, 6.07) is 1.26. The Morgan fingerprint density at radius 2 is 2.06 bits per heavy atom. The maximum Gasteiger partial charge on any atom is 0.328 e. The predicted octanol–water partition coefficient (Wildman–Crippen LogP) is -1.83. The quantitative estimate of drug-likeness (QED) is 0.587. The summed E-state index contributed by atoms with van der Waals surface area (Å²) < 4.78 is 23.0. The first-order valence-electron chi connectivity index (χ1n) is 5.07. The average Bonchev–Trinajstić information content (AvgIpc) is 2.18. The Morgan fingerprint density at radius 3 is 2.65 bits per heavy atom. The Hall–Kier alpha value is -1.41. The second-order valence-electron chi connectivity index (χ2n) is 3.68. The number of aromatic amines is 1. The van der Waals surface area contributed by atoms with E-state index in [2.05, 4.69) is 10.3 Å². The summed E-state index contributed by atoms with van der Waals surface area (Å²) in [6.07, 6.45) is 2.57. The monoisotopic (exact) mass is 261 g/mol. The molecule has 0 aliphatic carbocycles. The molecule has 0 unspecified atom stereocenters. The fourth-order valence-corrected chi connectivity index (χ4v) is 1.72. The third-order valence-electron chi connectivity index (χ3n) is 2.08. The van der Waals surface area contributed by atoms with Gasteiger partial charge in [-0.3, -0.25) is 14.3 Å². The first kappa shape index (κ1) is 13.7. The van der Waals surface area contributed by atoms with E-state index in [1.807, 2.05) is 0 Å². The second kappa shape index (κ2) is 5.78. The molecule has 0 atom stereocenters. The van der Waals surface area contributed by atoms with Crippen molar-refractivity contribution < 1.29 is 8.42 Å². The lowest BCUT2D eigenvalue weighted by Crippen LogP contribution is -2.33. The molecule has 8 heteroatoms. The van der Waals surface area contributed by atoms with E-state index < -0.39 is 21.1 Å². The molecule has 0 spiro atoms. The van der Waals surface area contributed by atoms with Crippen LogP contribution in [0.25, 0.3) is 0 Å². The number of nitrogens with one attached hydrogen (secondary N) is 2. The SMILES string of the molecule is CS(=O)(=O)CCNCCn1ccc(=O)[nH]c1=O. The Balaban J connectivity index is 2.37. The standard InChI is InChI=1S/C9H15N3O4S/c1-17(15,16)7-4-10-3-6-12-5-2-8(13)11-9(12)14/h2,5,10H,3-4,6-7H2,1H3,(H,11,13,14). The summed E-state index contributed by atoms with van der Waals surface area (Å²) >= 11 is 0. The van der Waals surface area contributed by atoms with Gasteiger partial charge in [0.2, 0.25) is 0 Å². The molecule has 1 rings (SSSR count). The molecule has 0 radical (unpaired) electrons. The first-order valence-corrected chi connectivity index (χ1v) is 7.13. The maximum atomic E-state index is 11.2. The molecule has 0 amide bonds. The number of sulfone groups is 1. The van der Waals surface area contributed by atoms with Crippen LogP contribution in [0.1, 0.15) is 0 Å². The van der Waals surface area contributed by atoms with Gasteiger partial charge in [0.25, 0.3) is 5.56 Å². The molecular formula is C9H15N3O4S. The molecule has 1 aromatic heterocycles. The minimum absolute atomic E-state index is 0.0630. The van der Waals surface area contributed by atoms with Crippen LogP contribution in [0.5, 0.6) is 0 Å². The average molecular weight is 261 g/mol. The van der Waals surface area contributed by atoms with Gasteiger partial charge in [-0.15, -0.1) is 0 Å². The molecule has 0 aromatic carbocycles. The third kappa shape index (κ3) is 5.45. The summed E-state index contributed by atoms with van der Waals surface area (Å²) in [5, 5.41) is 2.90. The minimum Gasteiger partial charge on any atom is -0.314 e. The van der Waals surface area contributed by atoms with Crippen LogP contribution < -0.4 is 16.6 Å². The van der Waals surface area contributed by atoms with Crippen LogP contribution >= 0.6 is 0 Å². The lowest BCUT2D eigenvalue weighted by molar-refractivity contribution is 0.575. The van der Waals surface area contributed by atoms with Crippen molar-refractivity contribution in [3.8, 4) is 0 Å². The fraction of sp³-hybridized carbons (Fsp3) is 0.556. The van der Waals surface area contributed by atoms with Gasteiger partial charge in [-0.25, -0.2) is 13.2 Å². The molecule has 7 nitrogen and oxygen atoms in total. The molecule has 0 fully saturated rings. The highest BCUT2D eigenvalue weighted by molar-refractivity contribution is 7.90. The van der Waals surface area contributed by atoms with Crippen LogP contribution in [-0.4, -0.2) is 43.1 Å². The molecule has 1 heterocycles. The van der Waals surface area contributed by atoms with Gasteiger partial charge in [-0.05, 0) is 0 Å². The summed E-state index contributed by atoms with van der Waals surface area (Å²) in [5.74, 6) is 0.0630. The molecule has 96 valence electrons. The van der Waals surface area contributed by atoms with E-state index in [4.69, 9.17) is 0 Å². The van der Waals surface area contributed by atoms with E-state index in [-0.39, 0.29) is 5.75 Å². The molecule has 0 saturated carbocycles. The van der Waals surface area contributed by atoms with Gasteiger partial charge in [-0.2, -0.15) is 0 Å². The largest absolute Gasteiger partial charge is 0.328 e.